The summed E-state index contributed by atoms with van der Waals surface area (Å²) in [5.41, 5.74) is -0.543. The third-order valence-corrected chi connectivity index (χ3v) is 2.95. The first-order chi connectivity index (χ1) is 7.97. The second kappa shape index (κ2) is 4.03. The van der Waals surface area contributed by atoms with Crippen LogP contribution in [0.1, 0.15) is 20.3 Å². The van der Waals surface area contributed by atoms with Gasteiger partial charge in [-0.25, -0.2) is 4.79 Å². The van der Waals surface area contributed by atoms with Gasteiger partial charge in [0.1, 0.15) is 6.61 Å². The standard InChI is InChI=1S/C11H15NO5/c1-3-16-10(14)8-6(2)12-11(15)4-7(8)9(13)17-5-11/h7,12,15H,3-5H2,1-2H3. The van der Waals surface area contributed by atoms with E-state index in [9.17, 15) is 14.7 Å². The number of esters is 2. The predicted molar refractivity (Wildman–Crippen MR) is 56.5 cm³/mol. The maximum atomic E-state index is 11.7. The molecule has 94 valence electrons. The van der Waals surface area contributed by atoms with Gasteiger partial charge in [-0.3, -0.25) is 4.79 Å². The SMILES string of the molecule is CCOC(=O)C1=C(C)NC2(O)COC(=O)C1C2. The Hall–Kier alpha value is -1.56. The van der Waals surface area contributed by atoms with Crippen LogP contribution in [-0.4, -0.2) is 36.0 Å². The molecule has 0 aromatic heterocycles. The molecule has 2 bridgehead atoms. The molecule has 2 heterocycles. The molecule has 1 saturated heterocycles. The number of carbonyl (C=O) groups is 2. The topological polar surface area (TPSA) is 84.9 Å². The molecule has 2 atom stereocenters. The molecule has 0 amide bonds. The molecular formula is C11H15NO5. The lowest BCUT2D eigenvalue weighted by Crippen LogP contribution is -2.58. The van der Waals surface area contributed by atoms with Crippen LogP contribution in [0.3, 0.4) is 0 Å². The second-order valence-corrected chi connectivity index (χ2v) is 4.28. The monoisotopic (exact) mass is 241 g/mol. The summed E-state index contributed by atoms with van der Waals surface area (Å²) >= 11 is 0. The van der Waals surface area contributed by atoms with Crippen molar-refractivity contribution in [2.45, 2.75) is 26.0 Å². The molecule has 17 heavy (non-hydrogen) atoms. The smallest absolute Gasteiger partial charge is 0.336 e. The maximum Gasteiger partial charge on any atom is 0.336 e. The van der Waals surface area contributed by atoms with Gasteiger partial charge in [-0.05, 0) is 13.8 Å². The Bertz CT molecular complexity index is 403. The number of hydrogen-bond donors (Lipinski definition) is 2. The van der Waals surface area contributed by atoms with E-state index >= 15 is 0 Å². The van der Waals surface area contributed by atoms with Crippen molar-refractivity contribution in [1.29, 1.82) is 0 Å². The molecule has 6 nitrogen and oxygen atoms in total. The lowest BCUT2D eigenvalue weighted by atomic mass is 9.83. The van der Waals surface area contributed by atoms with E-state index in [4.69, 9.17) is 9.47 Å². The summed E-state index contributed by atoms with van der Waals surface area (Å²) in [6, 6.07) is 0. The highest BCUT2D eigenvalue weighted by atomic mass is 16.6. The third kappa shape index (κ3) is 2.00. The fourth-order valence-corrected chi connectivity index (χ4v) is 2.26. The predicted octanol–water partition coefficient (Wildman–Crippen LogP) is -0.322. The number of fused-ring (bicyclic) bond motifs is 2. The summed E-state index contributed by atoms with van der Waals surface area (Å²) in [7, 11) is 0. The number of cyclic esters (lactones) is 1. The summed E-state index contributed by atoms with van der Waals surface area (Å²) < 4.78 is 9.76. The second-order valence-electron chi connectivity index (χ2n) is 4.28. The minimum atomic E-state index is -1.27. The van der Waals surface area contributed by atoms with Crippen LogP contribution in [0, 0.1) is 5.92 Å². The Kier molecular flexibility index (Phi) is 2.82. The molecule has 1 fully saturated rings. The van der Waals surface area contributed by atoms with Crippen molar-refractivity contribution in [1.82, 2.24) is 5.32 Å². The first-order valence-electron chi connectivity index (χ1n) is 5.52. The number of rotatable bonds is 2. The van der Waals surface area contributed by atoms with Gasteiger partial charge < -0.3 is 19.9 Å². The van der Waals surface area contributed by atoms with Gasteiger partial charge in [0.15, 0.2) is 5.72 Å². The van der Waals surface area contributed by atoms with Crippen LogP contribution >= 0.6 is 0 Å². The van der Waals surface area contributed by atoms with E-state index in [2.05, 4.69) is 5.32 Å². The van der Waals surface area contributed by atoms with E-state index in [-0.39, 0.29) is 25.2 Å². The summed E-state index contributed by atoms with van der Waals surface area (Å²) in [5.74, 6) is -1.77. The van der Waals surface area contributed by atoms with Gasteiger partial charge >= 0.3 is 11.9 Å². The third-order valence-electron chi connectivity index (χ3n) is 2.95. The summed E-state index contributed by atoms with van der Waals surface area (Å²) in [4.78, 5) is 23.4. The molecule has 2 N–H and O–H groups in total. The van der Waals surface area contributed by atoms with Crippen LogP contribution in [-0.2, 0) is 19.1 Å². The van der Waals surface area contributed by atoms with Crippen LogP contribution in [0.15, 0.2) is 11.3 Å². The Morgan fingerprint density at radius 1 is 1.71 bits per heavy atom. The van der Waals surface area contributed by atoms with Crippen LogP contribution in [0.5, 0.6) is 0 Å². The van der Waals surface area contributed by atoms with Gasteiger partial charge in [-0.1, -0.05) is 0 Å². The summed E-state index contributed by atoms with van der Waals surface area (Å²) in [6.07, 6.45) is 0.136. The molecule has 2 aliphatic heterocycles. The fraction of sp³-hybridized carbons (Fsp3) is 0.636. The lowest BCUT2D eigenvalue weighted by Gasteiger charge is -2.41. The van der Waals surface area contributed by atoms with Crippen LogP contribution < -0.4 is 5.32 Å². The summed E-state index contributed by atoms with van der Waals surface area (Å²) in [6.45, 7) is 3.47. The van der Waals surface area contributed by atoms with Gasteiger partial charge in [0.05, 0.1) is 18.1 Å². The molecule has 6 heteroatoms. The minimum absolute atomic E-state index is 0.101. The number of hydrogen-bond acceptors (Lipinski definition) is 6. The van der Waals surface area contributed by atoms with Crippen molar-refractivity contribution in [3.05, 3.63) is 11.3 Å². The molecule has 0 aliphatic carbocycles. The van der Waals surface area contributed by atoms with Crippen LogP contribution in [0.25, 0.3) is 0 Å². The molecule has 0 radical (unpaired) electrons. The molecule has 0 aromatic carbocycles. The summed E-state index contributed by atoms with van der Waals surface area (Å²) in [5, 5.41) is 12.8. The highest BCUT2D eigenvalue weighted by molar-refractivity contribution is 5.97. The molecule has 0 spiro atoms. The van der Waals surface area contributed by atoms with E-state index in [0.717, 1.165) is 0 Å². The molecular weight excluding hydrogens is 226 g/mol. The van der Waals surface area contributed by atoms with Crippen molar-refractivity contribution in [3.63, 3.8) is 0 Å². The Morgan fingerprint density at radius 2 is 2.41 bits per heavy atom. The van der Waals surface area contributed by atoms with Gasteiger partial charge in [0.2, 0.25) is 0 Å². The van der Waals surface area contributed by atoms with Crippen molar-refractivity contribution >= 4 is 11.9 Å². The number of allylic oxidation sites excluding steroid dienone is 1. The van der Waals surface area contributed by atoms with Gasteiger partial charge in [-0.15, -0.1) is 0 Å². The zero-order valence-electron chi connectivity index (χ0n) is 9.78. The van der Waals surface area contributed by atoms with E-state index in [1.807, 2.05) is 0 Å². The lowest BCUT2D eigenvalue weighted by molar-refractivity contribution is -0.176. The van der Waals surface area contributed by atoms with Gasteiger partial charge in [-0.2, -0.15) is 0 Å². The highest BCUT2D eigenvalue weighted by Crippen LogP contribution is 2.35. The van der Waals surface area contributed by atoms with Crippen LogP contribution in [0.4, 0.5) is 0 Å². The minimum Gasteiger partial charge on any atom is -0.463 e. The average Bonchev–Trinajstić information content (AvgIpc) is 2.23. The fourth-order valence-electron chi connectivity index (χ4n) is 2.26. The van der Waals surface area contributed by atoms with Gasteiger partial charge in [0, 0.05) is 12.1 Å². The molecule has 2 rings (SSSR count). The Balaban J connectivity index is 2.35. The van der Waals surface area contributed by atoms with Crippen LogP contribution in [0.2, 0.25) is 0 Å². The average molecular weight is 241 g/mol. The van der Waals surface area contributed by atoms with E-state index in [0.29, 0.717) is 5.70 Å². The number of ether oxygens (including phenoxy) is 2. The van der Waals surface area contributed by atoms with E-state index in [1.165, 1.54) is 0 Å². The zero-order chi connectivity index (χ0) is 12.6. The largest absolute Gasteiger partial charge is 0.463 e. The first kappa shape index (κ1) is 11.9. The van der Waals surface area contributed by atoms with Crippen molar-refractivity contribution < 1.29 is 24.2 Å². The number of aliphatic hydroxyl groups is 1. The first-order valence-corrected chi connectivity index (χ1v) is 5.52. The molecule has 0 saturated carbocycles. The number of nitrogens with one attached hydrogen (secondary N) is 1. The number of carbonyl (C=O) groups excluding carboxylic acids is 2. The molecule has 2 aliphatic rings. The highest BCUT2D eigenvalue weighted by Gasteiger charge is 2.48. The molecule has 2 unspecified atom stereocenters. The van der Waals surface area contributed by atoms with Gasteiger partial charge in [0.25, 0.3) is 0 Å². The van der Waals surface area contributed by atoms with E-state index in [1.54, 1.807) is 13.8 Å². The Morgan fingerprint density at radius 3 is 3.06 bits per heavy atom. The van der Waals surface area contributed by atoms with E-state index < -0.39 is 23.6 Å². The molecule has 0 aromatic rings. The normalized spacial score (nSPS) is 31.7. The zero-order valence-corrected chi connectivity index (χ0v) is 9.78. The van der Waals surface area contributed by atoms with Crippen molar-refractivity contribution in [2.75, 3.05) is 13.2 Å². The van der Waals surface area contributed by atoms with Crippen molar-refractivity contribution in [2.24, 2.45) is 5.92 Å². The van der Waals surface area contributed by atoms with Crippen molar-refractivity contribution in [3.8, 4) is 0 Å². The Labute approximate surface area is 98.6 Å². The quantitative estimate of drug-likeness (QED) is 0.644. The maximum absolute atomic E-state index is 11.7.